The zero-order valence-electron chi connectivity index (χ0n) is 17.8. The highest BCUT2D eigenvalue weighted by Crippen LogP contribution is 2.40. The number of hydrogen-bond acceptors (Lipinski definition) is 3. The van der Waals surface area contributed by atoms with Crippen LogP contribution in [0.4, 0.5) is 0 Å². The van der Waals surface area contributed by atoms with Gasteiger partial charge in [0.15, 0.2) is 5.84 Å². The molecule has 0 bridgehead atoms. The van der Waals surface area contributed by atoms with E-state index in [2.05, 4.69) is 17.1 Å². The second kappa shape index (κ2) is 9.55. The van der Waals surface area contributed by atoms with Crippen LogP contribution in [0.5, 0.6) is 5.75 Å². The SMILES string of the molecule is CC/C=C(\O)N=C(N=C(C)c1c(C)cccc1OCC)c1ccc(C2CC2)cc1. The van der Waals surface area contributed by atoms with Crippen molar-refractivity contribution in [2.24, 2.45) is 9.98 Å². The molecule has 1 aliphatic rings. The molecule has 3 rings (SSSR count). The molecule has 0 aromatic heterocycles. The fourth-order valence-corrected chi connectivity index (χ4v) is 3.41. The fourth-order valence-electron chi connectivity index (χ4n) is 3.41. The first-order chi connectivity index (χ1) is 14.0. The maximum absolute atomic E-state index is 10.2. The summed E-state index contributed by atoms with van der Waals surface area (Å²) in [6.07, 6.45) is 4.93. The van der Waals surface area contributed by atoms with Gasteiger partial charge in [0.1, 0.15) is 5.75 Å². The molecule has 0 aliphatic heterocycles. The average Bonchev–Trinajstić information content (AvgIpc) is 3.53. The summed E-state index contributed by atoms with van der Waals surface area (Å²) >= 11 is 0. The number of allylic oxidation sites excluding steroid dienone is 1. The molecule has 2 aromatic carbocycles. The summed E-state index contributed by atoms with van der Waals surface area (Å²) in [5.41, 5.74) is 5.11. The van der Waals surface area contributed by atoms with Crippen molar-refractivity contribution >= 4 is 11.5 Å². The Balaban J connectivity index is 2.03. The van der Waals surface area contributed by atoms with Gasteiger partial charge in [-0.1, -0.05) is 43.3 Å². The number of nitrogens with zero attached hydrogens (tertiary/aromatic N) is 2. The predicted octanol–water partition coefficient (Wildman–Crippen LogP) is 6.34. The zero-order chi connectivity index (χ0) is 20.8. The van der Waals surface area contributed by atoms with Crippen LogP contribution in [0.1, 0.15) is 68.2 Å². The van der Waals surface area contributed by atoms with Gasteiger partial charge in [-0.05, 0) is 69.2 Å². The van der Waals surface area contributed by atoms with Gasteiger partial charge >= 0.3 is 0 Å². The molecular weight excluding hydrogens is 360 g/mol. The third kappa shape index (κ3) is 5.35. The number of aliphatic hydroxyl groups excluding tert-OH is 1. The topological polar surface area (TPSA) is 54.2 Å². The molecular formula is C25H30N2O2. The summed E-state index contributed by atoms with van der Waals surface area (Å²) in [4.78, 5) is 9.22. The molecule has 1 saturated carbocycles. The van der Waals surface area contributed by atoms with Crippen molar-refractivity contribution < 1.29 is 9.84 Å². The number of aliphatic hydroxyl groups is 1. The third-order valence-electron chi connectivity index (χ3n) is 4.99. The molecule has 4 heteroatoms. The van der Waals surface area contributed by atoms with Crippen LogP contribution in [-0.4, -0.2) is 23.3 Å². The zero-order valence-corrected chi connectivity index (χ0v) is 17.8. The van der Waals surface area contributed by atoms with Gasteiger partial charge in [-0.2, -0.15) is 4.99 Å². The first-order valence-corrected chi connectivity index (χ1v) is 10.4. The maximum Gasteiger partial charge on any atom is 0.208 e. The highest BCUT2D eigenvalue weighted by atomic mass is 16.5. The molecule has 0 atom stereocenters. The van der Waals surface area contributed by atoms with Crippen LogP contribution in [-0.2, 0) is 0 Å². The lowest BCUT2D eigenvalue weighted by atomic mass is 10.0. The van der Waals surface area contributed by atoms with E-state index in [4.69, 9.17) is 9.73 Å². The van der Waals surface area contributed by atoms with Gasteiger partial charge < -0.3 is 9.84 Å². The first kappa shape index (κ1) is 20.8. The quantitative estimate of drug-likeness (QED) is 0.341. The number of amidine groups is 1. The van der Waals surface area contributed by atoms with E-state index < -0.39 is 0 Å². The van der Waals surface area contributed by atoms with E-state index in [9.17, 15) is 5.11 Å². The lowest BCUT2D eigenvalue weighted by Crippen LogP contribution is -2.08. The molecule has 2 aromatic rings. The molecule has 1 aliphatic carbocycles. The normalized spacial score (nSPS) is 15.5. The molecule has 29 heavy (non-hydrogen) atoms. The Labute approximate surface area is 173 Å². The van der Waals surface area contributed by atoms with Crippen molar-refractivity contribution in [3.8, 4) is 5.75 Å². The number of aliphatic imine (C=N–C) groups is 2. The average molecular weight is 391 g/mol. The summed E-state index contributed by atoms with van der Waals surface area (Å²) in [7, 11) is 0. The lowest BCUT2D eigenvalue weighted by molar-refractivity contribution is 0.339. The Morgan fingerprint density at radius 2 is 1.83 bits per heavy atom. The molecule has 0 spiro atoms. The summed E-state index contributed by atoms with van der Waals surface area (Å²) in [6, 6.07) is 14.4. The summed E-state index contributed by atoms with van der Waals surface area (Å²) in [5, 5.41) is 10.2. The predicted molar refractivity (Wildman–Crippen MR) is 121 cm³/mol. The van der Waals surface area contributed by atoms with Gasteiger partial charge in [-0.3, -0.25) is 0 Å². The number of hydrogen-bond donors (Lipinski definition) is 1. The largest absolute Gasteiger partial charge is 0.493 e. The number of benzene rings is 2. The van der Waals surface area contributed by atoms with Crippen LogP contribution in [0.25, 0.3) is 0 Å². The molecule has 0 amide bonds. The molecule has 0 unspecified atom stereocenters. The van der Waals surface area contributed by atoms with Crippen molar-refractivity contribution in [2.75, 3.05) is 6.61 Å². The van der Waals surface area contributed by atoms with Gasteiger partial charge in [0.05, 0.1) is 12.3 Å². The minimum absolute atomic E-state index is 0.0138. The van der Waals surface area contributed by atoms with Crippen LogP contribution >= 0.6 is 0 Å². The number of rotatable bonds is 7. The Bertz CT molecular complexity index is 936. The standard InChI is InChI=1S/C25H30N2O2/c1-5-8-23(28)27-25(21-15-13-20(14-16-21)19-11-12-19)26-18(4)24-17(3)9-7-10-22(24)29-6-2/h7-10,13-16,19,28H,5-6,11-12H2,1-4H3/b23-8-,26-18?,27-25?. The van der Waals surface area contributed by atoms with Crippen LogP contribution in [0, 0.1) is 6.92 Å². The van der Waals surface area contributed by atoms with E-state index in [1.165, 1.54) is 18.4 Å². The molecule has 152 valence electrons. The van der Waals surface area contributed by atoms with Gasteiger partial charge in [0.2, 0.25) is 5.88 Å². The molecule has 1 fully saturated rings. The van der Waals surface area contributed by atoms with Gasteiger partial charge in [0.25, 0.3) is 0 Å². The van der Waals surface area contributed by atoms with Gasteiger partial charge in [-0.15, -0.1) is 0 Å². The minimum Gasteiger partial charge on any atom is -0.493 e. The smallest absolute Gasteiger partial charge is 0.208 e. The second-order valence-electron chi connectivity index (χ2n) is 7.38. The summed E-state index contributed by atoms with van der Waals surface area (Å²) in [5.74, 6) is 1.99. The number of aryl methyl sites for hydroxylation is 1. The first-order valence-electron chi connectivity index (χ1n) is 10.4. The Kier molecular flexibility index (Phi) is 6.86. The van der Waals surface area contributed by atoms with Crippen molar-refractivity contribution in [1.29, 1.82) is 0 Å². The molecule has 0 heterocycles. The van der Waals surface area contributed by atoms with E-state index >= 15 is 0 Å². The third-order valence-corrected chi connectivity index (χ3v) is 4.99. The monoisotopic (exact) mass is 390 g/mol. The summed E-state index contributed by atoms with van der Waals surface area (Å²) in [6.45, 7) is 8.53. The van der Waals surface area contributed by atoms with E-state index in [0.717, 1.165) is 28.2 Å². The Hall–Kier alpha value is -2.88. The van der Waals surface area contributed by atoms with E-state index in [0.29, 0.717) is 24.8 Å². The van der Waals surface area contributed by atoms with Crippen LogP contribution < -0.4 is 4.74 Å². The van der Waals surface area contributed by atoms with Crippen LogP contribution in [0.3, 0.4) is 0 Å². The number of ether oxygens (including phenoxy) is 1. The maximum atomic E-state index is 10.2. The Morgan fingerprint density at radius 1 is 1.10 bits per heavy atom. The molecule has 0 saturated heterocycles. The van der Waals surface area contributed by atoms with E-state index in [1.54, 1.807) is 6.08 Å². The highest BCUT2D eigenvalue weighted by molar-refractivity contribution is 6.13. The van der Waals surface area contributed by atoms with E-state index in [-0.39, 0.29) is 5.88 Å². The molecule has 1 N–H and O–H groups in total. The lowest BCUT2D eigenvalue weighted by Gasteiger charge is -2.13. The summed E-state index contributed by atoms with van der Waals surface area (Å²) < 4.78 is 5.81. The van der Waals surface area contributed by atoms with Crippen molar-refractivity contribution in [3.63, 3.8) is 0 Å². The highest BCUT2D eigenvalue weighted by Gasteiger charge is 2.23. The molecule has 4 nitrogen and oxygen atoms in total. The van der Waals surface area contributed by atoms with E-state index in [1.807, 2.05) is 58.0 Å². The Morgan fingerprint density at radius 3 is 2.45 bits per heavy atom. The van der Waals surface area contributed by atoms with Gasteiger partial charge in [-0.25, -0.2) is 4.99 Å². The van der Waals surface area contributed by atoms with Crippen molar-refractivity contribution in [3.05, 3.63) is 76.7 Å². The van der Waals surface area contributed by atoms with Crippen molar-refractivity contribution in [2.45, 2.75) is 52.9 Å². The van der Waals surface area contributed by atoms with Crippen LogP contribution in [0.15, 0.2) is 64.4 Å². The van der Waals surface area contributed by atoms with Crippen molar-refractivity contribution in [1.82, 2.24) is 0 Å². The fraction of sp³-hybridized carbons (Fsp3) is 0.360. The second-order valence-corrected chi connectivity index (χ2v) is 7.38. The van der Waals surface area contributed by atoms with Crippen LogP contribution in [0.2, 0.25) is 0 Å². The minimum atomic E-state index is -0.0138. The molecule has 0 radical (unpaired) electrons. The van der Waals surface area contributed by atoms with Gasteiger partial charge in [0, 0.05) is 11.1 Å².